The van der Waals surface area contributed by atoms with E-state index < -0.39 is 17.0 Å². The second-order valence-electron chi connectivity index (χ2n) is 6.85. The first kappa shape index (κ1) is 19.2. The molecule has 1 saturated carbocycles. The fraction of sp³-hybridized carbons (Fsp3) is 0.316. The summed E-state index contributed by atoms with van der Waals surface area (Å²) in [6, 6.07) is 7.92. The van der Waals surface area contributed by atoms with Crippen molar-refractivity contribution in [1.82, 2.24) is 24.7 Å². The molecule has 4 rings (SSSR count). The predicted molar refractivity (Wildman–Crippen MR) is 110 cm³/mol. The topological polar surface area (TPSA) is 140 Å². The van der Waals surface area contributed by atoms with Gasteiger partial charge in [0.25, 0.3) is 5.56 Å². The number of nitrogens with two attached hydrogens (primary N) is 1. The first-order chi connectivity index (χ1) is 14.0. The standard InChI is InChI=1S/C19H20N6O3S/c1-2-10-3-5-11(6-4-10)16-21-18(24-23-16)29-9-13(26)14-15(20)25(12-7-8-12)19(28)22-17(14)27/h3-6,12H,2,7-9,20H2,1H3,(H,21,23,24)(H,22,27,28). The van der Waals surface area contributed by atoms with Gasteiger partial charge >= 0.3 is 5.69 Å². The second kappa shape index (κ2) is 7.70. The molecule has 4 N–H and O–H groups in total. The van der Waals surface area contributed by atoms with Gasteiger partial charge in [0.1, 0.15) is 11.4 Å². The van der Waals surface area contributed by atoms with Crippen molar-refractivity contribution in [3.8, 4) is 11.4 Å². The third-order valence-corrected chi connectivity index (χ3v) is 5.65. The van der Waals surface area contributed by atoms with Gasteiger partial charge in [0.05, 0.1) is 5.75 Å². The normalized spacial score (nSPS) is 13.6. The Bertz CT molecular complexity index is 1170. The SMILES string of the molecule is CCc1ccc(-c2nc(SCC(=O)c3c(N)n(C4CC4)c(=O)[nH]c3=O)n[nH]2)cc1. The monoisotopic (exact) mass is 412 g/mol. The lowest BCUT2D eigenvalue weighted by Crippen LogP contribution is -2.36. The maximum Gasteiger partial charge on any atom is 0.330 e. The lowest BCUT2D eigenvalue weighted by molar-refractivity contribution is 0.102. The number of hydrogen-bond acceptors (Lipinski definition) is 7. The van der Waals surface area contributed by atoms with Crippen LogP contribution >= 0.6 is 11.8 Å². The van der Waals surface area contributed by atoms with Crippen molar-refractivity contribution in [3.05, 3.63) is 56.2 Å². The van der Waals surface area contributed by atoms with Crippen LogP contribution in [0.25, 0.3) is 11.4 Å². The molecule has 0 aliphatic heterocycles. The average molecular weight is 412 g/mol. The summed E-state index contributed by atoms with van der Waals surface area (Å²) < 4.78 is 1.30. The van der Waals surface area contributed by atoms with Crippen LogP contribution in [-0.2, 0) is 6.42 Å². The number of aromatic amines is 2. The van der Waals surface area contributed by atoms with E-state index in [2.05, 4.69) is 27.1 Å². The highest BCUT2D eigenvalue weighted by Gasteiger charge is 2.30. The summed E-state index contributed by atoms with van der Waals surface area (Å²) >= 11 is 1.10. The van der Waals surface area contributed by atoms with E-state index in [-0.39, 0.29) is 23.2 Å². The molecular formula is C19H20N6O3S. The van der Waals surface area contributed by atoms with Gasteiger partial charge in [-0.05, 0) is 24.8 Å². The molecule has 1 aliphatic rings. The number of aromatic nitrogens is 5. The molecule has 3 aromatic rings. The van der Waals surface area contributed by atoms with Crippen molar-refractivity contribution in [2.24, 2.45) is 0 Å². The quantitative estimate of drug-likeness (QED) is 0.397. The van der Waals surface area contributed by atoms with Gasteiger partial charge in [-0.2, -0.15) is 0 Å². The van der Waals surface area contributed by atoms with Gasteiger partial charge in [-0.1, -0.05) is 43.0 Å². The fourth-order valence-corrected chi connectivity index (χ4v) is 3.74. The van der Waals surface area contributed by atoms with Crippen molar-refractivity contribution in [1.29, 1.82) is 0 Å². The molecule has 9 nitrogen and oxygen atoms in total. The number of anilines is 1. The Balaban J connectivity index is 1.49. The Morgan fingerprint density at radius 2 is 2.00 bits per heavy atom. The zero-order valence-corrected chi connectivity index (χ0v) is 16.6. The third kappa shape index (κ3) is 3.88. The van der Waals surface area contributed by atoms with Crippen LogP contribution in [-0.4, -0.2) is 36.3 Å². The number of nitrogens with one attached hydrogen (secondary N) is 2. The van der Waals surface area contributed by atoms with Gasteiger partial charge in [0.2, 0.25) is 5.16 Å². The first-order valence-corrected chi connectivity index (χ1v) is 10.3. The second-order valence-corrected chi connectivity index (χ2v) is 7.79. The van der Waals surface area contributed by atoms with Crippen LogP contribution in [0.3, 0.4) is 0 Å². The molecule has 29 heavy (non-hydrogen) atoms. The van der Waals surface area contributed by atoms with Gasteiger partial charge in [0.15, 0.2) is 11.6 Å². The number of H-pyrrole nitrogens is 2. The number of aryl methyl sites for hydroxylation is 1. The smallest absolute Gasteiger partial charge is 0.330 e. The van der Waals surface area contributed by atoms with Crippen LogP contribution in [0.4, 0.5) is 5.82 Å². The van der Waals surface area contributed by atoms with Crippen LogP contribution in [0, 0.1) is 0 Å². The molecule has 2 heterocycles. The van der Waals surface area contributed by atoms with E-state index in [9.17, 15) is 14.4 Å². The van der Waals surface area contributed by atoms with E-state index >= 15 is 0 Å². The summed E-state index contributed by atoms with van der Waals surface area (Å²) in [7, 11) is 0. The Hall–Kier alpha value is -3.14. The van der Waals surface area contributed by atoms with E-state index in [0.29, 0.717) is 11.0 Å². The molecule has 1 fully saturated rings. The molecule has 1 aromatic carbocycles. The largest absolute Gasteiger partial charge is 0.384 e. The molecule has 0 atom stereocenters. The summed E-state index contributed by atoms with van der Waals surface area (Å²) in [4.78, 5) is 43.3. The summed E-state index contributed by atoms with van der Waals surface area (Å²) in [5, 5.41) is 7.36. The van der Waals surface area contributed by atoms with Gasteiger partial charge < -0.3 is 5.73 Å². The number of ketones is 1. The highest BCUT2D eigenvalue weighted by Crippen LogP contribution is 2.35. The zero-order chi connectivity index (χ0) is 20.5. The highest BCUT2D eigenvalue weighted by atomic mass is 32.2. The van der Waals surface area contributed by atoms with Gasteiger partial charge in [-0.15, -0.1) is 5.10 Å². The Labute approximate surface area is 169 Å². The number of benzene rings is 1. The van der Waals surface area contributed by atoms with Gasteiger partial charge in [0, 0.05) is 11.6 Å². The number of nitrogen functional groups attached to an aromatic ring is 1. The van der Waals surface area contributed by atoms with Crippen molar-refractivity contribution in [2.75, 3.05) is 11.5 Å². The maximum absolute atomic E-state index is 12.6. The summed E-state index contributed by atoms with van der Waals surface area (Å²) in [6.07, 6.45) is 2.56. The fourth-order valence-electron chi connectivity index (χ4n) is 3.07. The predicted octanol–water partition coefficient (Wildman–Crippen LogP) is 1.78. The molecule has 150 valence electrons. The molecular weight excluding hydrogens is 392 g/mol. The molecule has 0 bridgehead atoms. The van der Waals surface area contributed by atoms with Crippen molar-refractivity contribution in [3.63, 3.8) is 0 Å². The molecule has 0 radical (unpaired) electrons. The first-order valence-electron chi connectivity index (χ1n) is 9.30. The summed E-state index contributed by atoms with van der Waals surface area (Å²) in [6.45, 7) is 2.09. The molecule has 0 saturated heterocycles. The molecule has 0 unspecified atom stereocenters. The lowest BCUT2D eigenvalue weighted by atomic mass is 10.1. The Morgan fingerprint density at radius 1 is 1.28 bits per heavy atom. The van der Waals surface area contributed by atoms with E-state index in [1.54, 1.807) is 0 Å². The van der Waals surface area contributed by atoms with Crippen LogP contribution in [0.2, 0.25) is 0 Å². The van der Waals surface area contributed by atoms with Gasteiger partial charge in [-0.25, -0.2) is 9.78 Å². The molecule has 0 amide bonds. The molecule has 10 heteroatoms. The van der Waals surface area contributed by atoms with Crippen molar-refractivity contribution >= 4 is 23.4 Å². The van der Waals surface area contributed by atoms with Crippen LogP contribution in [0.5, 0.6) is 0 Å². The van der Waals surface area contributed by atoms with Crippen LogP contribution in [0.1, 0.15) is 41.7 Å². The van der Waals surface area contributed by atoms with Crippen molar-refractivity contribution in [2.45, 2.75) is 37.4 Å². The van der Waals surface area contributed by atoms with E-state index in [0.717, 1.165) is 36.6 Å². The number of Topliss-reactive ketones (excluding diaryl/α,β-unsaturated/α-hetero) is 1. The van der Waals surface area contributed by atoms with Crippen molar-refractivity contribution < 1.29 is 4.79 Å². The number of carbonyl (C=O) groups is 1. The Kier molecular flexibility index (Phi) is 5.10. The molecule has 2 aromatic heterocycles. The summed E-state index contributed by atoms with van der Waals surface area (Å²) in [5.41, 5.74) is 6.57. The number of thioether (sulfide) groups is 1. The minimum atomic E-state index is -0.762. The van der Waals surface area contributed by atoms with Crippen LogP contribution < -0.4 is 17.0 Å². The van der Waals surface area contributed by atoms with Gasteiger partial charge in [-0.3, -0.25) is 24.2 Å². The van der Waals surface area contributed by atoms with Crippen LogP contribution in [0.15, 0.2) is 39.0 Å². The number of hydrogen-bond donors (Lipinski definition) is 3. The van der Waals surface area contributed by atoms with E-state index in [1.165, 1.54) is 10.1 Å². The van der Waals surface area contributed by atoms with E-state index in [1.807, 2.05) is 24.3 Å². The van der Waals surface area contributed by atoms with E-state index in [4.69, 9.17) is 5.73 Å². The minimum absolute atomic E-state index is 0.0479. The maximum atomic E-state index is 12.6. The number of nitrogens with zero attached hydrogens (tertiary/aromatic N) is 3. The minimum Gasteiger partial charge on any atom is -0.384 e. The summed E-state index contributed by atoms with van der Waals surface area (Å²) in [5.74, 6) is -0.00930. The Morgan fingerprint density at radius 3 is 2.66 bits per heavy atom. The average Bonchev–Trinajstić information content (AvgIpc) is 3.42. The number of carbonyl (C=O) groups excluding carboxylic acids is 1. The zero-order valence-electron chi connectivity index (χ0n) is 15.8. The molecule has 0 spiro atoms. The molecule has 1 aliphatic carbocycles. The highest BCUT2D eigenvalue weighted by molar-refractivity contribution is 7.99. The lowest BCUT2D eigenvalue weighted by Gasteiger charge is -2.10. The third-order valence-electron chi connectivity index (χ3n) is 4.81. The number of rotatable bonds is 7.